The highest BCUT2D eigenvalue weighted by Crippen LogP contribution is 2.22. The van der Waals surface area contributed by atoms with Crippen LogP contribution in [0.1, 0.15) is 33.1 Å². The van der Waals surface area contributed by atoms with Gasteiger partial charge in [-0.15, -0.1) is 0 Å². The van der Waals surface area contributed by atoms with E-state index in [0.29, 0.717) is 12.0 Å². The summed E-state index contributed by atoms with van der Waals surface area (Å²) in [5.41, 5.74) is 0. The molecule has 1 aliphatic rings. The summed E-state index contributed by atoms with van der Waals surface area (Å²) < 4.78 is 11.0. The van der Waals surface area contributed by atoms with Crippen LogP contribution in [-0.4, -0.2) is 39.0 Å². The Balaban J connectivity index is 1.95. The predicted octanol–water partition coefficient (Wildman–Crippen LogP) is 1.82. The van der Waals surface area contributed by atoms with Crippen LogP contribution >= 0.6 is 0 Å². The van der Waals surface area contributed by atoms with E-state index in [1.54, 1.807) is 0 Å². The minimum absolute atomic E-state index is 0.481. The van der Waals surface area contributed by atoms with Gasteiger partial charge < -0.3 is 14.8 Å². The van der Waals surface area contributed by atoms with Crippen LogP contribution in [0.3, 0.4) is 0 Å². The van der Waals surface area contributed by atoms with Crippen molar-refractivity contribution in [1.29, 1.82) is 0 Å². The van der Waals surface area contributed by atoms with Crippen molar-refractivity contribution < 1.29 is 9.47 Å². The molecule has 90 valence electrons. The molecule has 2 atom stereocenters. The summed E-state index contributed by atoms with van der Waals surface area (Å²) in [6, 6.07) is 0. The first-order valence-electron chi connectivity index (χ1n) is 6.28. The molecular formula is C12H25NO2. The Kier molecular flexibility index (Phi) is 6.98. The molecule has 0 aromatic heterocycles. The highest BCUT2D eigenvalue weighted by molar-refractivity contribution is 4.76. The first-order chi connectivity index (χ1) is 7.38. The van der Waals surface area contributed by atoms with Gasteiger partial charge in [-0.1, -0.05) is 13.8 Å². The van der Waals surface area contributed by atoms with Crippen LogP contribution in [0.2, 0.25) is 0 Å². The lowest BCUT2D eigenvalue weighted by Crippen LogP contribution is -2.30. The second kappa shape index (κ2) is 8.08. The third-order valence-corrected chi connectivity index (χ3v) is 2.93. The van der Waals surface area contributed by atoms with Crippen molar-refractivity contribution >= 4 is 0 Å². The molecule has 1 saturated heterocycles. The monoisotopic (exact) mass is 215 g/mol. The number of rotatable bonds is 8. The van der Waals surface area contributed by atoms with E-state index in [1.165, 1.54) is 6.42 Å². The van der Waals surface area contributed by atoms with Crippen molar-refractivity contribution in [3.63, 3.8) is 0 Å². The van der Waals surface area contributed by atoms with Gasteiger partial charge in [0.15, 0.2) is 0 Å². The van der Waals surface area contributed by atoms with E-state index in [-0.39, 0.29) is 0 Å². The Morgan fingerprint density at radius 3 is 2.93 bits per heavy atom. The molecule has 1 N–H and O–H groups in total. The molecule has 3 heteroatoms. The average Bonchev–Trinajstić information content (AvgIpc) is 2.70. The Hall–Kier alpha value is -0.120. The second-order valence-corrected chi connectivity index (χ2v) is 4.18. The van der Waals surface area contributed by atoms with E-state index in [9.17, 15) is 0 Å². The van der Waals surface area contributed by atoms with E-state index < -0.39 is 0 Å². The maximum absolute atomic E-state index is 5.64. The van der Waals surface area contributed by atoms with Gasteiger partial charge in [-0.05, 0) is 25.2 Å². The second-order valence-electron chi connectivity index (χ2n) is 4.18. The van der Waals surface area contributed by atoms with Crippen LogP contribution in [0.25, 0.3) is 0 Å². The quantitative estimate of drug-likeness (QED) is 0.626. The third kappa shape index (κ3) is 4.96. The highest BCUT2D eigenvalue weighted by atomic mass is 16.5. The SMILES string of the molecule is CCCOCCNCC1CCOC1CC. The van der Waals surface area contributed by atoms with Gasteiger partial charge in [0.25, 0.3) is 0 Å². The molecule has 2 unspecified atom stereocenters. The van der Waals surface area contributed by atoms with Crippen LogP contribution < -0.4 is 5.32 Å². The maximum Gasteiger partial charge on any atom is 0.0613 e. The fourth-order valence-corrected chi connectivity index (χ4v) is 2.06. The molecule has 0 aromatic rings. The van der Waals surface area contributed by atoms with Crippen molar-refractivity contribution in [1.82, 2.24) is 5.32 Å². The molecule has 0 amide bonds. The van der Waals surface area contributed by atoms with Crippen molar-refractivity contribution in [2.24, 2.45) is 5.92 Å². The summed E-state index contributed by atoms with van der Waals surface area (Å²) in [6.45, 7) is 9.03. The Labute approximate surface area is 93.5 Å². The lowest BCUT2D eigenvalue weighted by Gasteiger charge is -2.17. The van der Waals surface area contributed by atoms with Crippen LogP contribution in [0.4, 0.5) is 0 Å². The highest BCUT2D eigenvalue weighted by Gasteiger charge is 2.25. The predicted molar refractivity (Wildman–Crippen MR) is 62.1 cm³/mol. The zero-order valence-corrected chi connectivity index (χ0v) is 10.1. The maximum atomic E-state index is 5.64. The zero-order valence-electron chi connectivity index (χ0n) is 10.1. The molecule has 0 bridgehead atoms. The molecule has 1 fully saturated rings. The van der Waals surface area contributed by atoms with Gasteiger partial charge in [-0.3, -0.25) is 0 Å². The van der Waals surface area contributed by atoms with Gasteiger partial charge in [0.1, 0.15) is 0 Å². The zero-order chi connectivity index (χ0) is 10.9. The van der Waals surface area contributed by atoms with Gasteiger partial charge in [0.05, 0.1) is 12.7 Å². The van der Waals surface area contributed by atoms with E-state index in [0.717, 1.165) is 45.8 Å². The molecule has 1 aliphatic heterocycles. The van der Waals surface area contributed by atoms with Crippen LogP contribution in [0, 0.1) is 5.92 Å². The summed E-state index contributed by atoms with van der Waals surface area (Å²) in [5.74, 6) is 0.709. The van der Waals surface area contributed by atoms with Crippen LogP contribution in [0.5, 0.6) is 0 Å². The van der Waals surface area contributed by atoms with Gasteiger partial charge in [-0.2, -0.15) is 0 Å². The van der Waals surface area contributed by atoms with E-state index >= 15 is 0 Å². The van der Waals surface area contributed by atoms with E-state index in [4.69, 9.17) is 9.47 Å². The number of nitrogens with one attached hydrogen (secondary N) is 1. The van der Waals surface area contributed by atoms with Crippen molar-refractivity contribution in [2.45, 2.75) is 39.2 Å². The minimum atomic E-state index is 0.481. The fraction of sp³-hybridized carbons (Fsp3) is 1.00. The summed E-state index contributed by atoms with van der Waals surface area (Å²) >= 11 is 0. The standard InChI is InChI=1S/C12H25NO2/c1-3-7-14-9-6-13-10-11-5-8-15-12(11)4-2/h11-13H,3-10H2,1-2H3. The largest absolute Gasteiger partial charge is 0.380 e. The molecule has 15 heavy (non-hydrogen) atoms. The minimum Gasteiger partial charge on any atom is -0.380 e. The Morgan fingerprint density at radius 2 is 2.20 bits per heavy atom. The van der Waals surface area contributed by atoms with E-state index in [2.05, 4.69) is 19.2 Å². The first kappa shape index (κ1) is 12.9. The number of ether oxygens (including phenoxy) is 2. The molecule has 1 heterocycles. The molecule has 0 aliphatic carbocycles. The van der Waals surface area contributed by atoms with E-state index in [1.807, 2.05) is 0 Å². The lowest BCUT2D eigenvalue weighted by molar-refractivity contribution is 0.0858. The molecular weight excluding hydrogens is 190 g/mol. The van der Waals surface area contributed by atoms with Crippen molar-refractivity contribution in [3.05, 3.63) is 0 Å². The van der Waals surface area contributed by atoms with Gasteiger partial charge >= 0.3 is 0 Å². The fourth-order valence-electron chi connectivity index (χ4n) is 2.06. The topological polar surface area (TPSA) is 30.5 Å². The lowest BCUT2D eigenvalue weighted by atomic mass is 10.00. The molecule has 1 rings (SSSR count). The summed E-state index contributed by atoms with van der Waals surface area (Å²) in [4.78, 5) is 0. The smallest absolute Gasteiger partial charge is 0.0613 e. The van der Waals surface area contributed by atoms with Gasteiger partial charge in [0, 0.05) is 26.3 Å². The average molecular weight is 215 g/mol. The van der Waals surface area contributed by atoms with Gasteiger partial charge in [-0.25, -0.2) is 0 Å². The Bertz CT molecular complexity index is 153. The van der Waals surface area contributed by atoms with Crippen LogP contribution in [0.15, 0.2) is 0 Å². The van der Waals surface area contributed by atoms with Crippen LogP contribution in [-0.2, 0) is 9.47 Å². The van der Waals surface area contributed by atoms with Crippen molar-refractivity contribution in [2.75, 3.05) is 32.9 Å². The normalized spacial score (nSPS) is 26.0. The molecule has 0 saturated carbocycles. The summed E-state index contributed by atoms with van der Waals surface area (Å²) in [7, 11) is 0. The molecule has 3 nitrogen and oxygen atoms in total. The Morgan fingerprint density at radius 1 is 1.33 bits per heavy atom. The molecule has 0 aromatic carbocycles. The summed E-state index contributed by atoms with van der Waals surface area (Å²) in [6.07, 6.45) is 3.93. The number of hydrogen-bond donors (Lipinski definition) is 1. The van der Waals surface area contributed by atoms with Gasteiger partial charge in [0.2, 0.25) is 0 Å². The number of hydrogen-bond acceptors (Lipinski definition) is 3. The summed E-state index contributed by atoms with van der Waals surface area (Å²) in [5, 5.41) is 3.45. The third-order valence-electron chi connectivity index (χ3n) is 2.93. The molecule has 0 radical (unpaired) electrons. The van der Waals surface area contributed by atoms with Crippen molar-refractivity contribution in [3.8, 4) is 0 Å². The first-order valence-corrected chi connectivity index (χ1v) is 6.28. The molecule has 0 spiro atoms.